The Labute approximate surface area is 94.1 Å². The van der Waals surface area contributed by atoms with Crippen LogP contribution in [0, 0.1) is 6.92 Å². The molecule has 1 fully saturated rings. The average Bonchev–Trinajstić information content (AvgIpc) is 2.65. The molecule has 2 atom stereocenters. The van der Waals surface area contributed by atoms with Crippen molar-refractivity contribution in [3.8, 4) is 0 Å². The molecule has 4 nitrogen and oxygen atoms in total. The Balaban J connectivity index is 1.97. The molecule has 1 N–H and O–H groups in total. The van der Waals surface area contributed by atoms with E-state index in [-0.39, 0.29) is 0 Å². The van der Waals surface area contributed by atoms with Crippen LogP contribution in [-0.2, 0) is 4.74 Å². The van der Waals surface area contributed by atoms with Gasteiger partial charge in [-0.1, -0.05) is 24.2 Å². The van der Waals surface area contributed by atoms with Gasteiger partial charge in [0.1, 0.15) is 5.01 Å². The third-order valence-corrected chi connectivity index (χ3v) is 3.61. The molecule has 0 saturated heterocycles. The summed E-state index contributed by atoms with van der Waals surface area (Å²) >= 11 is 1.61. The summed E-state index contributed by atoms with van der Waals surface area (Å²) in [5.41, 5.74) is 0. The fraction of sp³-hybridized carbons (Fsp3) is 0.800. The molecule has 1 saturated carbocycles. The van der Waals surface area contributed by atoms with Crippen molar-refractivity contribution in [2.75, 3.05) is 12.4 Å². The largest absolute Gasteiger partial charge is 0.379 e. The number of hydrogen-bond donors (Lipinski definition) is 1. The molecule has 0 bridgehead atoms. The van der Waals surface area contributed by atoms with Crippen LogP contribution in [0.5, 0.6) is 0 Å². The van der Waals surface area contributed by atoms with Gasteiger partial charge in [-0.15, -0.1) is 10.2 Å². The zero-order chi connectivity index (χ0) is 10.7. The van der Waals surface area contributed by atoms with Gasteiger partial charge in [0.05, 0.1) is 12.1 Å². The van der Waals surface area contributed by atoms with Crippen LogP contribution in [0.4, 0.5) is 5.13 Å². The number of ether oxygens (including phenoxy) is 1. The van der Waals surface area contributed by atoms with Crippen molar-refractivity contribution < 1.29 is 4.74 Å². The first-order chi connectivity index (χ1) is 7.29. The Morgan fingerprint density at radius 1 is 1.33 bits per heavy atom. The summed E-state index contributed by atoms with van der Waals surface area (Å²) in [4.78, 5) is 0. The first kappa shape index (κ1) is 10.8. The van der Waals surface area contributed by atoms with Gasteiger partial charge in [0.2, 0.25) is 5.13 Å². The molecule has 15 heavy (non-hydrogen) atoms. The van der Waals surface area contributed by atoms with E-state index in [9.17, 15) is 0 Å². The topological polar surface area (TPSA) is 47.0 Å². The van der Waals surface area contributed by atoms with Crippen LogP contribution in [0.2, 0.25) is 0 Å². The van der Waals surface area contributed by atoms with E-state index in [2.05, 4.69) is 15.5 Å². The predicted octanol–water partition coefficient (Wildman–Crippen LogP) is 2.22. The van der Waals surface area contributed by atoms with Gasteiger partial charge >= 0.3 is 0 Å². The SMILES string of the molecule is COC1CCCCC1Nc1nnc(C)s1. The van der Waals surface area contributed by atoms with Crippen LogP contribution in [0.15, 0.2) is 0 Å². The molecule has 84 valence electrons. The van der Waals surface area contributed by atoms with Crippen molar-refractivity contribution in [2.24, 2.45) is 0 Å². The summed E-state index contributed by atoms with van der Waals surface area (Å²) < 4.78 is 5.48. The number of rotatable bonds is 3. The molecule has 0 spiro atoms. The summed E-state index contributed by atoms with van der Waals surface area (Å²) in [6, 6.07) is 0.399. The summed E-state index contributed by atoms with van der Waals surface area (Å²) in [7, 11) is 1.79. The minimum Gasteiger partial charge on any atom is -0.379 e. The number of aryl methyl sites for hydroxylation is 1. The summed E-state index contributed by atoms with van der Waals surface area (Å²) in [6.45, 7) is 1.97. The van der Waals surface area contributed by atoms with Gasteiger partial charge in [0, 0.05) is 7.11 Å². The van der Waals surface area contributed by atoms with Crippen LogP contribution in [0.1, 0.15) is 30.7 Å². The molecule has 1 aromatic rings. The van der Waals surface area contributed by atoms with E-state index in [1.54, 1.807) is 18.4 Å². The fourth-order valence-electron chi connectivity index (χ4n) is 2.06. The fourth-order valence-corrected chi connectivity index (χ4v) is 2.71. The maximum atomic E-state index is 5.48. The Bertz CT molecular complexity index is 315. The Morgan fingerprint density at radius 3 is 2.80 bits per heavy atom. The predicted molar refractivity (Wildman–Crippen MR) is 61.3 cm³/mol. The maximum Gasteiger partial charge on any atom is 0.205 e. The molecular formula is C10H17N3OS. The van der Waals surface area contributed by atoms with Crippen molar-refractivity contribution in [3.05, 3.63) is 5.01 Å². The number of anilines is 1. The van der Waals surface area contributed by atoms with E-state index in [4.69, 9.17) is 4.74 Å². The van der Waals surface area contributed by atoms with Crippen LogP contribution in [0.25, 0.3) is 0 Å². The molecule has 5 heteroatoms. The van der Waals surface area contributed by atoms with Crippen LogP contribution in [0.3, 0.4) is 0 Å². The van der Waals surface area contributed by atoms with Crippen LogP contribution in [-0.4, -0.2) is 29.5 Å². The third-order valence-electron chi connectivity index (χ3n) is 2.84. The van der Waals surface area contributed by atoms with E-state index in [0.29, 0.717) is 12.1 Å². The van der Waals surface area contributed by atoms with Crippen molar-refractivity contribution in [1.29, 1.82) is 0 Å². The minimum absolute atomic E-state index is 0.322. The second-order valence-electron chi connectivity index (χ2n) is 3.94. The zero-order valence-corrected chi connectivity index (χ0v) is 10.0. The minimum atomic E-state index is 0.322. The molecule has 0 radical (unpaired) electrons. The first-order valence-corrected chi connectivity index (χ1v) is 6.20. The molecular weight excluding hydrogens is 210 g/mol. The van der Waals surface area contributed by atoms with Gasteiger partial charge in [-0.25, -0.2) is 0 Å². The van der Waals surface area contributed by atoms with Crippen molar-refractivity contribution >= 4 is 16.5 Å². The summed E-state index contributed by atoms with van der Waals surface area (Å²) in [5, 5.41) is 13.4. The van der Waals surface area contributed by atoms with Crippen molar-refractivity contribution in [3.63, 3.8) is 0 Å². The third kappa shape index (κ3) is 2.66. The highest BCUT2D eigenvalue weighted by molar-refractivity contribution is 7.15. The molecule has 2 unspecified atom stereocenters. The summed E-state index contributed by atoms with van der Waals surface area (Å²) in [5.74, 6) is 0. The molecule has 1 heterocycles. The number of methoxy groups -OCH3 is 1. The standard InChI is InChI=1S/C10H17N3OS/c1-7-12-13-10(15-7)11-8-5-3-4-6-9(8)14-2/h8-9H,3-6H2,1-2H3,(H,11,13). The summed E-state index contributed by atoms with van der Waals surface area (Å²) in [6.07, 6.45) is 5.17. The maximum absolute atomic E-state index is 5.48. The number of aromatic nitrogens is 2. The molecule has 0 amide bonds. The highest BCUT2D eigenvalue weighted by Gasteiger charge is 2.25. The quantitative estimate of drug-likeness (QED) is 0.860. The second-order valence-corrected chi connectivity index (χ2v) is 5.12. The van der Waals surface area contributed by atoms with Crippen molar-refractivity contribution in [1.82, 2.24) is 10.2 Å². The molecule has 1 aliphatic carbocycles. The van der Waals surface area contributed by atoms with E-state index in [1.807, 2.05) is 6.92 Å². The molecule has 1 aromatic heterocycles. The lowest BCUT2D eigenvalue weighted by Gasteiger charge is -2.30. The van der Waals surface area contributed by atoms with E-state index >= 15 is 0 Å². The molecule has 2 rings (SSSR count). The van der Waals surface area contributed by atoms with Gasteiger partial charge < -0.3 is 10.1 Å². The van der Waals surface area contributed by atoms with Gasteiger partial charge in [0.15, 0.2) is 0 Å². The van der Waals surface area contributed by atoms with Crippen LogP contribution < -0.4 is 5.32 Å². The van der Waals surface area contributed by atoms with Gasteiger partial charge in [-0.05, 0) is 19.8 Å². The second kappa shape index (κ2) is 4.90. The zero-order valence-electron chi connectivity index (χ0n) is 9.19. The highest BCUT2D eigenvalue weighted by atomic mass is 32.1. The number of hydrogen-bond acceptors (Lipinski definition) is 5. The first-order valence-electron chi connectivity index (χ1n) is 5.39. The lowest BCUT2D eigenvalue weighted by molar-refractivity contribution is 0.0606. The smallest absolute Gasteiger partial charge is 0.205 e. The average molecular weight is 227 g/mol. The van der Waals surface area contributed by atoms with E-state index in [0.717, 1.165) is 23.0 Å². The Hall–Kier alpha value is -0.680. The lowest BCUT2D eigenvalue weighted by atomic mass is 9.92. The normalized spacial score (nSPS) is 26.5. The monoisotopic (exact) mass is 227 g/mol. The Morgan fingerprint density at radius 2 is 2.13 bits per heavy atom. The van der Waals surface area contributed by atoms with Crippen LogP contribution >= 0.6 is 11.3 Å². The molecule has 0 aliphatic heterocycles. The molecule has 1 aliphatic rings. The van der Waals surface area contributed by atoms with Gasteiger partial charge in [0.25, 0.3) is 0 Å². The lowest BCUT2D eigenvalue weighted by Crippen LogP contribution is -2.37. The van der Waals surface area contributed by atoms with Gasteiger partial charge in [-0.2, -0.15) is 0 Å². The van der Waals surface area contributed by atoms with Gasteiger partial charge in [-0.3, -0.25) is 0 Å². The number of nitrogens with zero attached hydrogens (tertiary/aromatic N) is 2. The van der Waals surface area contributed by atoms with E-state index in [1.165, 1.54) is 12.8 Å². The number of nitrogens with one attached hydrogen (secondary N) is 1. The Kier molecular flexibility index (Phi) is 3.53. The van der Waals surface area contributed by atoms with Crippen molar-refractivity contribution in [2.45, 2.75) is 44.8 Å². The highest BCUT2D eigenvalue weighted by Crippen LogP contribution is 2.25. The van der Waals surface area contributed by atoms with E-state index < -0.39 is 0 Å². The molecule has 0 aromatic carbocycles.